The molecular formula is C20H22N4O3. The molecule has 1 aliphatic rings. The number of nitrogens with two attached hydrogens (primary N) is 1. The van der Waals surface area contributed by atoms with Crippen LogP contribution in [0.5, 0.6) is 0 Å². The molecule has 0 spiro atoms. The zero-order valence-electron chi connectivity index (χ0n) is 15.4. The number of benzene rings is 1. The summed E-state index contributed by atoms with van der Waals surface area (Å²) >= 11 is 0. The van der Waals surface area contributed by atoms with E-state index in [2.05, 4.69) is 5.32 Å². The molecule has 1 aliphatic carbocycles. The van der Waals surface area contributed by atoms with Crippen LogP contribution in [0, 0.1) is 24.2 Å². The fourth-order valence-corrected chi connectivity index (χ4v) is 3.48. The number of rotatable bonds is 4. The normalized spacial score (nSPS) is 14.0. The maximum absolute atomic E-state index is 12.4. The van der Waals surface area contributed by atoms with Gasteiger partial charge in [0.25, 0.3) is 0 Å². The first-order chi connectivity index (χ1) is 13.0. The summed E-state index contributed by atoms with van der Waals surface area (Å²) in [5.74, 6) is -0.488. The molecule has 7 heteroatoms. The highest BCUT2D eigenvalue weighted by atomic mass is 16.5. The van der Waals surface area contributed by atoms with Gasteiger partial charge in [-0.05, 0) is 43.5 Å². The second-order valence-electron chi connectivity index (χ2n) is 6.75. The maximum Gasteiger partial charge on any atom is 0.357 e. The Bertz CT molecular complexity index is 933. The van der Waals surface area contributed by atoms with Crippen molar-refractivity contribution in [1.29, 1.82) is 5.26 Å². The number of esters is 1. The molecule has 1 aromatic heterocycles. The minimum Gasteiger partial charge on any atom is -0.464 e. The maximum atomic E-state index is 12.4. The van der Waals surface area contributed by atoms with Gasteiger partial charge >= 0.3 is 5.97 Å². The van der Waals surface area contributed by atoms with Crippen LogP contribution in [0.15, 0.2) is 24.4 Å². The Morgan fingerprint density at radius 2 is 2.04 bits per heavy atom. The van der Waals surface area contributed by atoms with E-state index in [4.69, 9.17) is 10.5 Å². The first-order valence-corrected chi connectivity index (χ1v) is 8.87. The van der Waals surface area contributed by atoms with E-state index in [0.717, 1.165) is 36.9 Å². The number of nitriles is 1. The molecule has 140 valence electrons. The second kappa shape index (κ2) is 7.54. The lowest BCUT2D eigenvalue weighted by molar-refractivity contribution is -0.119. The molecule has 1 saturated carbocycles. The van der Waals surface area contributed by atoms with Crippen LogP contribution in [0.1, 0.15) is 47.3 Å². The third-order valence-corrected chi connectivity index (χ3v) is 5.02. The standard InChI is InChI=1S/C20H22N4O3/c1-12-9-15(7-8-16(12)23-19(25)13-5-3-4-6-13)24-11-14(10-21)17(22)18(24)20(26)27-2/h7-9,11,13H,3-6,22H2,1-2H3,(H,23,25). The summed E-state index contributed by atoms with van der Waals surface area (Å²) in [6.07, 6.45) is 5.58. The van der Waals surface area contributed by atoms with Crippen LogP contribution in [0.3, 0.4) is 0 Å². The molecule has 0 unspecified atom stereocenters. The molecule has 0 bridgehead atoms. The molecule has 0 aliphatic heterocycles. The molecule has 0 atom stereocenters. The number of nitrogen functional groups attached to an aromatic ring is 1. The smallest absolute Gasteiger partial charge is 0.357 e. The van der Waals surface area contributed by atoms with Gasteiger partial charge in [0.2, 0.25) is 5.91 Å². The Morgan fingerprint density at radius 3 is 2.63 bits per heavy atom. The number of methoxy groups -OCH3 is 1. The Kier molecular flexibility index (Phi) is 5.17. The fourth-order valence-electron chi connectivity index (χ4n) is 3.48. The summed E-state index contributed by atoms with van der Waals surface area (Å²) in [5.41, 5.74) is 8.56. The van der Waals surface area contributed by atoms with Gasteiger partial charge in [0.1, 0.15) is 6.07 Å². The fraction of sp³-hybridized carbons (Fsp3) is 0.350. The Balaban J connectivity index is 1.93. The van der Waals surface area contributed by atoms with Gasteiger partial charge in [0.15, 0.2) is 5.69 Å². The first kappa shape index (κ1) is 18.5. The predicted molar refractivity (Wildman–Crippen MR) is 102 cm³/mol. The van der Waals surface area contributed by atoms with Gasteiger partial charge < -0.3 is 20.4 Å². The van der Waals surface area contributed by atoms with E-state index in [1.54, 1.807) is 12.1 Å². The molecule has 0 radical (unpaired) electrons. The van der Waals surface area contributed by atoms with Crippen molar-refractivity contribution in [2.75, 3.05) is 18.2 Å². The van der Waals surface area contributed by atoms with E-state index in [1.165, 1.54) is 17.9 Å². The molecule has 27 heavy (non-hydrogen) atoms. The van der Waals surface area contributed by atoms with Gasteiger partial charge in [-0.1, -0.05) is 12.8 Å². The second-order valence-corrected chi connectivity index (χ2v) is 6.75. The van der Waals surface area contributed by atoms with Crippen molar-refractivity contribution in [2.45, 2.75) is 32.6 Å². The minimum absolute atomic E-state index is 0.0515. The molecule has 1 heterocycles. The number of carbonyl (C=O) groups excluding carboxylic acids is 2. The molecule has 3 rings (SSSR count). The van der Waals surface area contributed by atoms with Gasteiger partial charge in [-0.15, -0.1) is 0 Å². The van der Waals surface area contributed by atoms with Gasteiger partial charge in [-0.25, -0.2) is 4.79 Å². The quantitative estimate of drug-likeness (QED) is 0.808. The molecule has 0 saturated heterocycles. The third kappa shape index (κ3) is 3.51. The van der Waals surface area contributed by atoms with Crippen LogP contribution in [-0.4, -0.2) is 23.6 Å². The van der Waals surface area contributed by atoms with Crippen LogP contribution in [0.25, 0.3) is 5.69 Å². The van der Waals surface area contributed by atoms with Crippen LogP contribution >= 0.6 is 0 Å². The van der Waals surface area contributed by atoms with Crippen molar-refractivity contribution < 1.29 is 14.3 Å². The summed E-state index contributed by atoms with van der Waals surface area (Å²) in [5, 5.41) is 12.2. The zero-order valence-corrected chi connectivity index (χ0v) is 15.4. The van der Waals surface area contributed by atoms with Crippen molar-refractivity contribution in [3.05, 3.63) is 41.2 Å². The number of aromatic nitrogens is 1. The SMILES string of the molecule is COC(=O)c1c(N)c(C#N)cn1-c1ccc(NC(=O)C2CCCC2)c(C)c1. The van der Waals surface area contributed by atoms with Crippen molar-refractivity contribution in [3.8, 4) is 11.8 Å². The highest BCUT2D eigenvalue weighted by Gasteiger charge is 2.24. The topological polar surface area (TPSA) is 110 Å². The summed E-state index contributed by atoms with van der Waals surface area (Å²) in [4.78, 5) is 24.5. The highest BCUT2D eigenvalue weighted by Crippen LogP contribution is 2.29. The van der Waals surface area contributed by atoms with E-state index in [-0.39, 0.29) is 28.8 Å². The van der Waals surface area contributed by atoms with E-state index in [1.807, 2.05) is 19.1 Å². The lowest BCUT2D eigenvalue weighted by Crippen LogP contribution is -2.20. The van der Waals surface area contributed by atoms with Gasteiger partial charge in [0, 0.05) is 23.5 Å². The highest BCUT2D eigenvalue weighted by molar-refractivity contribution is 5.96. The molecule has 1 aromatic carbocycles. The number of hydrogen-bond acceptors (Lipinski definition) is 5. The monoisotopic (exact) mass is 366 g/mol. The van der Waals surface area contributed by atoms with Crippen LogP contribution < -0.4 is 11.1 Å². The number of ether oxygens (including phenoxy) is 1. The van der Waals surface area contributed by atoms with Crippen LogP contribution in [0.2, 0.25) is 0 Å². The van der Waals surface area contributed by atoms with E-state index < -0.39 is 5.97 Å². The molecule has 1 amide bonds. The van der Waals surface area contributed by atoms with Crippen molar-refractivity contribution in [3.63, 3.8) is 0 Å². The van der Waals surface area contributed by atoms with Crippen molar-refractivity contribution in [1.82, 2.24) is 4.57 Å². The average molecular weight is 366 g/mol. The molecule has 2 aromatic rings. The lowest BCUT2D eigenvalue weighted by Gasteiger charge is -2.15. The molecule has 3 N–H and O–H groups in total. The van der Waals surface area contributed by atoms with Crippen molar-refractivity contribution in [2.24, 2.45) is 5.92 Å². The summed E-state index contributed by atoms with van der Waals surface area (Å²) < 4.78 is 6.33. The molecular weight excluding hydrogens is 344 g/mol. The largest absolute Gasteiger partial charge is 0.464 e. The molecule has 7 nitrogen and oxygen atoms in total. The number of anilines is 2. The number of aryl methyl sites for hydroxylation is 1. The van der Waals surface area contributed by atoms with Gasteiger partial charge in [0.05, 0.1) is 18.4 Å². The van der Waals surface area contributed by atoms with Crippen LogP contribution in [0.4, 0.5) is 11.4 Å². The zero-order chi connectivity index (χ0) is 19.6. The van der Waals surface area contributed by atoms with E-state index in [0.29, 0.717) is 5.69 Å². The molecule has 1 fully saturated rings. The van der Waals surface area contributed by atoms with Crippen LogP contribution in [-0.2, 0) is 9.53 Å². The number of amides is 1. The van der Waals surface area contributed by atoms with Gasteiger partial charge in [-0.3, -0.25) is 4.79 Å². The number of carbonyl (C=O) groups is 2. The van der Waals surface area contributed by atoms with E-state index in [9.17, 15) is 14.9 Å². The lowest BCUT2D eigenvalue weighted by atomic mass is 10.1. The van der Waals surface area contributed by atoms with E-state index >= 15 is 0 Å². The third-order valence-electron chi connectivity index (χ3n) is 5.02. The van der Waals surface area contributed by atoms with Gasteiger partial charge in [-0.2, -0.15) is 5.26 Å². The Hall–Kier alpha value is -3.27. The predicted octanol–water partition coefficient (Wildman–Crippen LogP) is 3.15. The summed E-state index contributed by atoms with van der Waals surface area (Å²) in [6, 6.07) is 7.37. The van der Waals surface area contributed by atoms with Crippen molar-refractivity contribution >= 4 is 23.3 Å². The Morgan fingerprint density at radius 1 is 1.33 bits per heavy atom. The number of hydrogen-bond donors (Lipinski definition) is 2. The number of nitrogens with one attached hydrogen (secondary N) is 1. The number of nitrogens with zero attached hydrogens (tertiary/aromatic N) is 2. The summed E-state index contributed by atoms with van der Waals surface area (Å²) in [7, 11) is 1.26. The first-order valence-electron chi connectivity index (χ1n) is 8.87. The Labute approximate surface area is 157 Å². The minimum atomic E-state index is -0.620. The summed E-state index contributed by atoms with van der Waals surface area (Å²) in [6.45, 7) is 1.88. The average Bonchev–Trinajstić information content (AvgIpc) is 3.30.